The van der Waals surface area contributed by atoms with Gasteiger partial charge in [-0.15, -0.1) is 0 Å². The van der Waals surface area contributed by atoms with E-state index in [2.05, 4.69) is 27.8 Å². The summed E-state index contributed by atoms with van der Waals surface area (Å²) in [6.45, 7) is 5.34. The zero-order valence-electron chi connectivity index (χ0n) is 10.6. The van der Waals surface area contributed by atoms with Crippen LogP contribution in [-0.4, -0.2) is 41.1 Å². The summed E-state index contributed by atoms with van der Waals surface area (Å²) in [4.78, 5) is 18.4. The van der Waals surface area contributed by atoms with Gasteiger partial charge < -0.3 is 9.64 Å². The molecule has 4 nitrogen and oxygen atoms in total. The fourth-order valence-electron chi connectivity index (χ4n) is 2.13. The van der Waals surface area contributed by atoms with Gasteiger partial charge in [-0.3, -0.25) is 4.79 Å². The van der Waals surface area contributed by atoms with Crippen molar-refractivity contribution in [2.24, 2.45) is 0 Å². The number of hydrogen-bond donors (Lipinski definition) is 0. The third kappa shape index (κ3) is 2.90. The zero-order valence-corrected chi connectivity index (χ0v) is 12.2. The van der Waals surface area contributed by atoms with Crippen LogP contribution in [0.3, 0.4) is 0 Å². The molecule has 2 unspecified atom stereocenters. The first kappa shape index (κ1) is 13.5. The van der Waals surface area contributed by atoms with Gasteiger partial charge in [-0.05, 0) is 41.4 Å². The zero-order chi connectivity index (χ0) is 13.1. The van der Waals surface area contributed by atoms with Crippen LogP contribution in [0.15, 0.2) is 22.9 Å². The Hall–Kier alpha value is -0.940. The number of ether oxygens (including phenoxy) is 1. The third-order valence-corrected chi connectivity index (χ3v) is 3.61. The molecular weight excluding hydrogens is 296 g/mol. The molecule has 98 valence electrons. The summed E-state index contributed by atoms with van der Waals surface area (Å²) >= 11 is 3.29. The molecular formula is C13H17BrN2O2. The average molecular weight is 313 g/mol. The maximum absolute atomic E-state index is 12.5. The van der Waals surface area contributed by atoms with Gasteiger partial charge in [0, 0.05) is 18.3 Å². The standard InChI is InChI=1S/C13H17BrN2O2/c1-3-11-8-18-9(2)7-16(11)13(17)10-4-5-15-12(14)6-10/h4-6,9,11H,3,7-8H2,1-2H3. The minimum atomic E-state index is 0.0556. The van der Waals surface area contributed by atoms with E-state index >= 15 is 0 Å². The minimum absolute atomic E-state index is 0.0556. The number of carbonyl (C=O) groups is 1. The second kappa shape index (κ2) is 5.80. The van der Waals surface area contributed by atoms with Gasteiger partial charge in [0.25, 0.3) is 5.91 Å². The van der Waals surface area contributed by atoms with Crippen molar-refractivity contribution >= 4 is 21.8 Å². The van der Waals surface area contributed by atoms with E-state index < -0.39 is 0 Å². The Balaban J connectivity index is 2.20. The molecule has 2 atom stereocenters. The number of aromatic nitrogens is 1. The lowest BCUT2D eigenvalue weighted by Gasteiger charge is -2.38. The van der Waals surface area contributed by atoms with E-state index in [4.69, 9.17) is 4.74 Å². The molecule has 0 spiro atoms. The summed E-state index contributed by atoms with van der Waals surface area (Å²) in [5, 5.41) is 0. The van der Waals surface area contributed by atoms with E-state index in [1.165, 1.54) is 0 Å². The second-order valence-electron chi connectivity index (χ2n) is 4.53. The fraction of sp³-hybridized carbons (Fsp3) is 0.538. The first-order valence-electron chi connectivity index (χ1n) is 6.16. The Morgan fingerprint density at radius 1 is 1.67 bits per heavy atom. The monoisotopic (exact) mass is 312 g/mol. The van der Waals surface area contributed by atoms with Gasteiger partial charge in [0.05, 0.1) is 18.8 Å². The number of rotatable bonds is 2. The molecule has 5 heteroatoms. The summed E-state index contributed by atoms with van der Waals surface area (Å²) in [7, 11) is 0. The first-order chi connectivity index (χ1) is 8.61. The molecule has 0 N–H and O–H groups in total. The van der Waals surface area contributed by atoms with Crippen molar-refractivity contribution in [3.63, 3.8) is 0 Å². The molecule has 0 saturated carbocycles. The molecule has 1 fully saturated rings. The second-order valence-corrected chi connectivity index (χ2v) is 5.34. The Morgan fingerprint density at radius 2 is 2.44 bits per heavy atom. The third-order valence-electron chi connectivity index (χ3n) is 3.17. The molecule has 0 radical (unpaired) electrons. The van der Waals surface area contributed by atoms with Gasteiger partial charge in [-0.25, -0.2) is 4.98 Å². The van der Waals surface area contributed by atoms with Crippen LogP contribution in [0.4, 0.5) is 0 Å². The molecule has 0 aromatic carbocycles. The largest absolute Gasteiger partial charge is 0.375 e. The molecule has 1 aromatic rings. The van der Waals surface area contributed by atoms with Crippen LogP contribution in [0.5, 0.6) is 0 Å². The highest BCUT2D eigenvalue weighted by Gasteiger charge is 2.29. The van der Waals surface area contributed by atoms with Crippen molar-refractivity contribution in [2.45, 2.75) is 32.4 Å². The topological polar surface area (TPSA) is 42.4 Å². The Kier molecular flexibility index (Phi) is 4.35. The van der Waals surface area contributed by atoms with Crippen molar-refractivity contribution < 1.29 is 9.53 Å². The number of nitrogens with zero attached hydrogens (tertiary/aromatic N) is 2. The fourth-order valence-corrected chi connectivity index (χ4v) is 2.50. The van der Waals surface area contributed by atoms with Crippen molar-refractivity contribution in [3.8, 4) is 0 Å². The molecule has 1 aliphatic heterocycles. The number of carbonyl (C=O) groups excluding carboxylic acids is 1. The van der Waals surface area contributed by atoms with Crippen LogP contribution in [-0.2, 0) is 4.74 Å². The highest BCUT2D eigenvalue weighted by molar-refractivity contribution is 9.10. The number of hydrogen-bond acceptors (Lipinski definition) is 3. The summed E-state index contributed by atoms with van der Waals surface area (Å²) in [6.07, 6.45) is 2.65. The van der Waals surface area contributed by atoms with Gasteiger partial charge >= 0.3 is 0 Å². The van der Waals surface area contributed by atoms with E-state index in [1.807, 2.05) is 11.8 Å². The van der Waals surface area contributed by atoms with E-state index in [0.29, 0.717) is 23.3 Å². The highest BCUT2D eigenvalue weighted by Crippen LogP contribution is 2.18. The van der Waals surface area contributed by atoms with E-state index in [0.717, 1.165) is 6.42 Å². The van der Waals surface area contributed by atoms with Gasteiger partial charge in [0.15, 0.2) is 0 Å². The van der Waals surface area contributed by atoms with Crippen LogP contribution in [0.1, 0.15) is 30.6 Å². The average Bonchev–Trinajstić information content (AvgIpc) is 2.38. The van der Waals surface area contributed by atoms with E-state index in [9.17, 15) is 4.79 Å². The van der Waals surface area contributed by atoms with E-state index in [-0.39, 0.29) is 18.1 Å². The molecule has 1 aromatic heterocycles. The smallest absolute Gasteiger partial charge is 0.254 e. The number of morpholine rings is 1. The summed E-state index contributed by atoms with van der Waals surface area (Å²) in [5.74, 6) is 0.0556. The predicted octanol–water partition coefficient (Wildman–Crippen LogP) is 2.48. The molecule has 1 aliphatic rings. The molecule has 2 heterocycles. The molecule has 18 heavy (non-hydrogen) atoms. The van der Waals surface area contributed by atoms with Crippen molar-refractivity contribution in [1.82, 2.24) is 9.88 Å². The van der Waals surface area contributed by atoms with Crippen LogP contribution in [0.2, 0.25) is 0 Å². The SMILES string of the molecule is CCC1COC(C)CN1C(=O)c1ccnc(Br)c1. The Labute approximate surface area is 115 Å². The predicted molar refractivity (Wildman–Crippen MR) is 72.5 cm³/mol. The van der Waals surface area contributed by atoms with Gasteiger partial charge in [-0.2, -0.15) is 0 Å². The molecule has 1 saturated heterocycles. The van der Waals surface area contributed by atoms with Crippen LogP contribution < -0.4 is 0 Å². The highest BCUT2D eigenvalue weighted by atomic mass is 79.9. The van der Waals surface area contributed by atoms with Crippen molar-refractivity contribution in [1.29, 1.82) is 0 Å². The Morgan fingerprint density at radius 3 is 3.11 bits per heavy atom. The molecule has 0 bridgehead atoms. The number of halogens is 1. The van der Waals surface area contributed by atoms with E-state index in [1.54, 1.807) is 18.3 Å². The molecule has 0 aliphatic carbocycles. The summed E-state index contributed by atoms with van der Waals surface area (Å²) in [5.41, 5.74) is 0.671. The minimum Gasteiger partial charge on any atom is -0.375 e. The lowest BCUT2D eigenvalue weighted by atomic mass is 10.1. The molecule has 1 amide bonds. The number of amides is 1. The van der Waals surface area contributed by atoms with Crippen molar-refractivity contribution in [3.05, 3.63) is 28.5 Å². The normalized spacial score (nSPS) is 24.1. The van der Waals surface area contributed by atoms with Crippen LogP contribution in [0, 0.1) is 0 Å². The lowest BCUT2D eigenvalue weighted by molar-refractivity contribution is -0.0444. The van der Waals surface area contributed by atoms with Crippen molar-refractivity contribution in [2.75, 3.05) is 13.2 Å². The van der Waals surface area contributed by atoms with Crippen LogP contribution >= 0.6 is 15.9 Å². The van der Waals surface area contributed by atoms with Gasteiger partial charge in [0.1, 0.15) is 4.60 Å². The maximum Gasteiger partial charge on any atom is 0.254 e. The lowest BCUT2D eigenvalue weighted by Crippen LogP contribution is -2.51. The summed E-state index contributed by atoms with van der Waals surface area (Å²) < 4.78 is 6.29. The first-order valence-corrected chi connectivity index (χ1v) is 6.95. The maximum atomic E-state index is 12.5. The quantitative estimate of drug-likeness (QED) is 0.788. The number of pyridine rings is 1. The van der Waals surface area contributed by atoms with Gasteiger partial charge in [-0.1, -0.05) is 6.92 Å². The Bertz CT molecular complexity index is 439. The summed E-state index contributed by atoms with van der Waals surface area (Å²) in [6, 6.07) is 3.68. The van der Waals surface area contributed by atoms with Crippen LogP contribution in [0.25, 0.3) is 0 Å². The molecule has 2 rings (SSSR count). The van der Waals surface area contributed by atoms with Gasteiger partial charge in [0.2, 0.25) is 0 Å².